The van der Waals surface area contributed by atoms with E-state index in [1.807, 2.05) is 0 Å². The Hall–Kier alpha value is -4.16. The highest BCUT2D eigenvalue weighted by Crippen LogP contribution is 2.30. The number of carbonyl (C=O) groups excluding carboxylic acids is 8. The van der Waals surface area contributed by atoms with E-state index in [1.165, 1.54) is 0 Å². The molecule has 44 heavy (non-hydrogen) atoms. The summed E-state index contributed by atoms with van der Waals surface area (Å²) in [4.78, 5) is 94.2. The number of ether oxygens (including phenoxy) is 9. The topological polar surface area (TPSA) is 240 Å². The van der Waals surface area contributed by atoms with Gasteiger partial charge in [-0.1, -0.05) is 0 Å². The summed E-state index contributed by atoms with van der Waals surface area (Å²) in [5, 5.41) is 11.0. The second kappa shape index (κ2) is 17.8. The molecule has 1 saturated heterocycles. The van der Waals surface area contributed by atoms with Crippen LogP contribution in [0.2, 0.25) is 0 Å². The molecule has 1 aliphatic heterocycles. The fraction of sp³-hybridized carbons (Fsp3) is 0.692. The molecule has 1 fully saturated rings. The van der Waals surface area contributed by atoms with Crippen LogP contribution >= 0.6 is 0 Å². The lowest BCUT2D eigenvalue weighted by atomic mass is 9.98. The summed E-state index contributed by atoms with van der Waals surface area (Å²) in [6.07, 6.45) is -15.3. The van der Waals surface area contributed by atoms with Crippen LogP contribution in [-0.4, -0.2) is 122 Å². The first-order valence-corrected chi connectivity index (χ1v) is 13.0. The fourth-order valence-electron chi connectivity index (χ4n) is 4.04. The van der Waals surface area contributed by atoms with Crippen molar-refractivity contribution in [2.75, 3.05) is 13.2 Å². The summed E-state index contributed by atoms with van der Waals surface area (Å²) in [6, 6.07) is 0. The smallest absolute Gasteiger partial charge is 0.303 e. The van der Waals surface area contributed by atoms with E-state index in [9.17, 15) is 43.5 Å². The average molecular weight is 637 g/mol. The number of aliphatic hydroxyl groups excluding tert-OH is 1. The van der Waals surface area contributed by atoms with Crippen molar-refractivity contribution < 1.29 is 86.1 Å². The maximum atomic E-state index is 12.0. The molecule has 18 nitrogen and oxygen atoms in total. The van der Waals surface area contributed by atoms with E-state index in [2.05, 4.69) is 0 Å². The molecule has 1 heterocycles. The molecule has 0 aromatic heterocycles. The van der Waals surface area contributed by atoms with E-state index >= 15 is 0 Å². The van der Waals surface area contributed by atoms with Gasteiger partial charge in [0.2, 0.25) is 0 Å². The van der Waals surface area contributed by atoms with Gasteiger partial charge in [0.1, 0.15) is 18.8 Å². The van der Waals surface area contributed by atoms with Gasteiger partial charge in [-0.15, -0.1) is 0 Å². The molecule has 9 unspecified atom stereocenters. The van der Waals surface area contributed by atoms with Crippen LogP contribution in [0.15, 0.2) is 0 Å². The van der Waals surface area contributed by atoms with Gasteiger partial charge in [-0.2, -0.15) is 0 Å². The van der Waals surface area contributed by atoms with Crippen molar-refractivity contribution >= 4 is 48.1 Å². The standard InChI is InChI=1S/C26H36O18/c1-11(28)36-10-20-23(41-15(5)32)24(42-16(6)33)25(43-17(7)34)26(44-20)37-9-18(35)21(39-13(3)30)22(40-14(4)31)19(8-27)38-12(2)29/h8,18-26,35H,9-10H2,1-7H3. The Balaban J connectivity index is 3.49. The fourth-order valence-corrected chi connectivity index (χ4v) is 4.04. The van der Waals surface area contributed by atoms with Crippen molar-refractivity contribution in [1.29, 1.82) is 0 Å². The largest absolute Gasteiger partial charge is 0.463 e. The maximum Gasteiger partial charge on any atom is 0.303 e. The third-order valence-corrected chi connectivity index (χ3v) is 5.45. The van der Waals surface area contributed by atoms with Crippen molar-refractivity contribution in [3.05, 3.63) is 0 Å². The third kappa shape index (κ3) is 12.6. The molecule has 1 rings (SSSR count). The van der Waals surface area contributed by atoms with E-state index in [4.69, 9.17) is 42.6 Å². The highest BCUT2D eigenvalue weighted by molar-refractivity contribution is 5.72. The zero-order valence-electron chi connectivity index (χ0n) is 25.1. The highest BCUT2D eigenvalue weighted by atomic mass is 16.7. The van der Waals surface area contributed by atoms with Crippen molar-refractivity contribution in [1.82, 2.24) is 0 Å². The Morgan fingerprint density at radius 2 is 1.14 bits per heavy atom. The molecule has 0 spiro atoms. The summed E-state index contributed by atoms with van der Waals surface area (Å²) in [5.41, 5.74) is 0. The molecule has 18 heteroatoms. The quantitative estimate of drug-likeness (QED) is 0.121. The van der Waals surface area contributed by atoms with E-state index in [1.54, 1.807) is 0 Å². The first-order chi connectivity index (χ1) is 20.5. The molecule has 0 bridgehead atoms. The molecule has 0 aromatic carbocycles. The Kier molecular flexibility index (Phi) is 15.3. The summed E-state index contributed by atoms with van der Waals surface area (Å²) in [6.45, 7) is 5.51. The van der Waals surface area contributed by atoms with Gasteiger partial charge in [0.15, 0.2) is 49.2 Å². The molecule has 9 atom stereocenters. The lowest BCUT2D eigenvalue weighted by molar-refractivity contribution is -0.313. The Morgan fingerprint density at radius 3 is 1.59 bits per heavy atom. The molecule has 0 aliphatic carbocycles. The normalized spacial score (nSPS) is 23.8. The van der Waals surface area contributed by atoms with Crippen molar-refractivity contribution in [3.63, 3.8) is 0 Å². The summed E-state index contributed by atoms with van der Waals surface area (Å²) < 4.78 is 47.1. The highest BCUT2D eigenvalue weighted by Gasteiger charge is 2.53. The van der Waals surface area contributed by atoms with Gasteiger partial charge < -0.3 is 47.7 Å². The lowest BCUT2D eigenvalue weighted by Crippen LogP contribution is -2.63. The van der Waals surface area contributed by atoms with Gasteiger partial charge in [-0.25, -0.2) is 0 Å². The second-order valence-corrected chi connectivity index (χ2v) is 9.33. The summed E-state index contributed by atoms with van der Waals surface area (Å²) in [5.74, 6) is -6.42. The Morgan fingerprint density at radius 1 is 0.659 bits per heavy atom. The van der Waals surface area contributed by atoms with Crippen LogP contribution in [0.3, 0.4) is 0 Å². The minimum Gasteiger partial charge on any atom is -0.463 e. The molecule has 0 amide bonds. The first-order valence-electron chi connectivity index (χ1n) is 13.0. The Labute approximate surface area is 251 Å². The van der Waals surface area contributed by atoms with Crippen molar-refractivity contribution in [2.45, 2.75) is 104 Å². The summed E-state index contributed by atoms with van der Waals surface area (Å²) in [7, 11) is 0. The van der Waals surface area contributed by atoms with Crippen LogP contribution in [0.1, 0.15) is 48.5 Å². The number of esters is 7. The molecule has 0 radical (unpaired) electrons. The number of aldehydes is 1. The zero-order chi connectivity index (χ0) is 33.7. The van der Waals surface area contributed by atoms with Gasteiger partial charge in [0.25, 0.3) is 0 Å². The van der Waals surface area contributed by atoms with E-state index in [0.717, 1.165) is 48.5 Å². The first kappa shape index (κ1) is 37.9. The molecule has 0 aromatic rings. The predicted octanol–water partition coefficient (Wildman–Crippen LogP) is -1.56. The number of rotatable bonds is 15. The monoisotopic (exact) mass is 636 g/mol. The van der Waals surface area contributed by atoms with Crippen LogP contribution in [0.5, 0.6) is 0 Å². The van der Waals surface area contributed by atoms with Crippen molar-refractivity contribution in [2.24, 2.45) is 0 Å². The Bertz CT molecular complexity index is 1070. The van der Waals surface area contributed by atoms with E-state index in [0.29, 0.717) is 0 Å². The van der Waals surface area contributed by atoms with Crippen LogP contribution in [-0.2, 0) is 81.0 Å². The van der Waals surface area contributed by atoms with Crippen molar-refractivity contribution in [3.8, 4) is 0 Å². The van der Waals surface area contributed by atoms with Crippen LogP contribution in [0, 0.1) is 0 Å². The zero-order valence-corrected chi connectivity index (χ0v) is 25.1. The van der Waals surface area contributed by atoms with Crippen LogP contribution < -0.4 is 0 Å². The molecular formula is C26H36O18. The van der Waals surface area contributed by atoms with Gasteiger partial charge in [0, 0.05) is 48.5 Å². The van der Waals surface area contributed by atoms with Gasteiger partial charge in [0.05, 0.1) is 6.61 Å². The average Bonchev–Trinajstić information content (AvgIpc) is 2.88. The molecule has 248 valence electrons. The van der Waals surface area contributed by atoms with Gasteiger partial charge >= 0.3 is 41.8 Å². The number of hydrogen-bond donors (Lipinski definition) is 1. The van der Waals surface area contributed by atoms with Gasteiger partial charge in [-0.05, 0) is 0 Å². The maximum absolute atomic E-state index is 12.0. The molecule has 1 N–H and O–H groups in total. The minimum absolute atomic E-state index is 0.0819. The summed E-state index contributed by atoms with van der Waals surface area (Å²) >= 11 is 0. The van der Waals surface area contributed by atoms with E-state index < -0.39 is 110 Å². The number of hydrogen-bond acceptors (Lipinski definition) is 18. The van der Waals surface area contributed by atoms with Crippen LogP contribution in [0.25, 0.3) is 0 Å². The SMILES string of the molecule is CC(=O)OCC1OC(OCC(O)C(OC(C)=O)C(OC(C)=O)C(C=O)OC(C)=O)C(OC(C)=O)C(OC(C)=O)C1OC(C)=O. The molecule has 1 aliphatic rings. The minimum atomic E-state index is -1.95. The number of carbonyl (C=O) groups is 8. The predicted molar refractivity (Wildman–Crippen MR) is 137 cm³/mol. The molecule has 0 saturated carbocycles. The molecular weight excluding hydrogens is 600 g/mol. The van der Waals surface area contributed by atoms with Crippen LogP contribution in [0.4, 0.5) is 0 Å². The van der Waals surface area contributed by atoms with E-state index in [-0.39, 0.29) is 6.29 Å². The third-order valence-electron chi connectivity index (χ3n) is 5.45. The van der Waals surface area contributed by atoms with Gasteiger partial charge in [-0.3, -0.25) is 38.4 Å². The second-order valence-electron chi connectivity index (χ2n) is 9.33. The lowest BCUT2D eigenvalue weighted by Gasteiger charge is -2.44. The number of aliphatic hydroxyl groups is 1.